The van der Waals surface area contributed by atoms with Crippen molar-refractivity contribution in [2.75, 3.05) is 13.6 Å². The molecular formula is C21H30N4OS. The minimum atomic E-state index is -0.0243. The van der Waals surface area contributed by atoms with Crippen LogP contribution in [0.25, 0.3) is 0 Å². The summed E-state index contributed by atoms with van der Waals surface area (Å²) in [7, 11) is 1.77. The van der Waals surface area contributed by atoms with E-state index in [9.17, 15) is 4.79 Å². The van der Waals surface area contributed by atoms with E-state index in [1.54, 1.807) is 18.4 Å². The lowest BCUT2D eigenvalue weighted by Crippen LogP contribution is -2.38. The van der Waals surface area contributed by atoms with Crippen molar-refractivity contribution in [3.63, 3.8) is 0 Å². The maximum Gasteiger partial charge on any atom is 0.251 e. The predicted molar refractivity (Wildman–Crippen MR) is 115 cm³/mol. The molecule has 2 atom stereocenters. The minimum absolute atomic E-state index is 0.0243. The summed E-state index contributed by atoms with van der Waals surface area (Å²) in [5.41, 5.74) is 3.13. The topological polar surface area (TPSA) is 65.5 Å². The first-order valence-corrected chi connectivity index (χ1v) is 10.3. The zero-order valence-electron chi connectivity index (χ0n) is 16.6. The lowest BCUT2D eigenvalue weighted by atomic mass is 10.1. The Morgan fingerprint density at radius 1 is 1.15 bits per heavy atom. The third-order valence-electron chi connectivity index (χ3n) is 4.58. The molecule has 1 aromatic heterocycles. The highest BCUT2D eigenvalue weighted by molar-refractivity contribution is 7.07. The molecule has 5 nitrogen and oxygen atoms in total. The molecule has 1 amide bonds. The summed E-state index contributed by atoms with van der Waals surface area (Å²) in [4.78, 5) is 16.4. The van der Waals surface area contributed by atoms with Gasteiger partial charge in [0.2, 0.25) is 0 Å². The van der Waals surface area contributed by atoms with E-state index < -0.39 is 0 Å². The highest BCUT2D eigenvalue weighted by Crippen LogP contribution is 2.17. The molecule has 3 N–H and O–H groups in total. The number of aliphatic imine (C=N–C) groups is 1. The average Bonchev–Trinajstić information content (AvgIpc) is 3.23. The number of benzene rings is 1. The molecule has 146 valence electrons. The highest BCUT2D eigenvalue weighted by atomic mass is 32.1. The van der Waals surface area contributed by atoms with Crippen LogP contribution in [0.2, 0.25) is 0 Å². The van der Waals surface area contributed by atoms with E-state index in [1.807, 2.05) is 31.2 Å². The quantitative estimate of drug-likeness (QED) is 0.478. The van der Waals surface area contributed by atoms with Gasteiger partial charge in [-0.25, -0.2) is 0 Å². The Balaban J connectivity index is 1.81. The van der Waals surface area contributed by atoms with Gasteiger partial charge in [-0.3, -0.25) is 9.79 Å². The summed E-state index contributed by atoms with van der Waals surface area (Å²) >= 11 is 1.72. The molecule has 27 heavy (non-hydrogen) atoms. The van der Waals surface area contributed by atoms with Crippen LogP contribution in [0.15, 0.2) is 46.1 Å². The molecule has 0 aliphatic rings. The van der Waals surface area contributed by atoms with Gasteiger partial charge in [0, 0.05) is 31.7 Å². The number of guanidine groups is 1. The lowest BCUT2D eigenvalue weighted by molar-refractivity contribution is 0.0939. The largest absolute Gasteiger partial charge is 0.356 e. The maximum atomic E-state index is 12.1. The molecule has 0 radical (unpaired) electrons. The average molecular weight is 387 g/mol. The third-order valence-corrected chi connectivity index (χ3v) is 5.28. The van der Waals surface area contributed by atoms with Crippen molar-refractivity contribution in [3.05, 3.63) is 57.8 Å². The van der Waals surface area contributed by atoms with Gasteiger partial charge in [0.05, 0.1) is 0 Å². The monoisotopic (exact) mass is 386 g/mol. The van der Waals surface area contributed by atoms with Gasteiger partial charge >= 0.3 is 0 Å². The summed E-state index contributed by atoms with van der Waals surface area (Å²) in [5.74, 6) is 1.18. The summed E-state index contributed by atoms with van der Waals surface area (Å²) < 4.78 is 0. The van der Waals surface area contributed by atoms with Gasteiger partial charge in [0.25, 0.3) is 5.91 Å². The zero-order valence-corrected chi connectivity index (χ0v) is 17.4. The summed E-state index contributed by atoms with van der Waals surface area (Å²) in [6, 6.07) is 10.0. The first kappa shape index (κ1) is 21.0. The predicted octanol–water partition coefficient (Wildman–Crippen LogP) is 3.75. The number of amides is 1. The normalized spacial score (nSPS) is 13.7. The molecule has 1 aromatic carbocycles. The van der Waals surface area contributed by atoms with Crippen molar-refractivity contribution < 1.29 is 4.79 Å². The minimum Gasteiger partial charge on any atom is -0.356 e. The number of carbonyl (C=O) groups is 1. The van der Waals surface area contributed by atoms with Crippen LogP contribution in [0.1, 0.15) is 54.6 Å². The van der Waals surface area contributed by atoms with Crippen LogP contribution in [-0.4, -0.2) is 31.5 Å². The number of hydrogen-bond donors (Lipinski definition) is 3. The molecular weight excluding hydrogens is 356 g/mol. The molecule has 0 spiro atoms. The fraction of sp³-hybridized carbons (Fsp3) is 0.429. The van der Waals surface area contributed by atoms with Crippen molar-refractivity contribution in [1.29, 1.82) is 0 Å². The molecule has 2 rings (SSSR count). The van der Waals surface area contributed by atoms with Crippen LogP contribution in [0, 0.1) is 0 Å². The second kappa shape index (κ2) is 10.7. The van der Waals surface area contributed by atoms with Crippen molar-refractivity contribution in [2.45, 2.75) is 45.7 Å². The summed E-state index contributed by atoms with van der Waals surface area (Å²) in [6.07, 6.45) is 0.922. The fourth-order valence-corrected chi connectivity index (χ4v) is 3.29. The van der Waals surface area contributed by atoms with Crippen LogP contribution in [0.4, 0.5) is 0 Å². The molecule has 2 aromatic rings. The van der Waals surface area contributed by atoms with E-state index in [0.29, 0.717) is 18.0 Å². The Kier molecular flexibility index (Phi) is 8.33. The highest BCUT2D eigenvalue weighted by Gasteiger charge is 2.09. The Labute approximate surface area is 166 Å². The van der Waals surface area contributed by atoms with Crippen LogP contribution in [0.5, 0.6) is 0 Å². The van der Waals surface area contributed by atoms with Gasteiger partial charge in [-0.1, -0.05) is 26.0 Å². The lowest BCUT2D eigenvalue weighted by Gasteiger charge is -2.16. The zero-order chi connectivity index (χ0) is 19.6. The molecule has 1 heterocycles. The Morgan fingerprint density at radius 3 is 2.48 bits per heavy atom. The van der Waals surface area contributed by atoms with Crippen LogP contribution < -0.4 is 16.0 Å². The number of nitrogens with one attached hydrogen (secondary N) is 3. The molecule has 0 bridgehead atoms. The van der Waals surface area contributed by atoms with Gasteiger partial charge in [0.15, 0.2) is 5.96 Å². The van der Waals surface area contributed by atoms with Crippen molar-refractivity contribution in [3.8, 4) is 0 Å². The number of hydrogen-bond acceptors (Lipinski definition) is 3. The van der Waals surface area contributed by atoms with Crippen molar-refractivity contribution >= 4 is 23.2 Å². The third kappa shape index (κ3) is 6.71. The molecule has 2 unspecified atom stereocenters. The fourth-order valence-electron chi connectivity index (χ4n) is 2.51. The van der Waals surface area contributed by atoms with Crippen LogP contribution in [-0.2, 0) is 6.54 Å². The Hall–Kier alpha value is -2.34. The molecule has 0 aliphatic heterocycles. The number of thiophene rings is 1. The van der Waals surface area contributed by atoms with E-state index in [4.69, 9.17) is 0 Å². The second-order valence-corrected chi connectivity index (χ2v) is 7.52. The van der Waals surface area contributed by atoms with Crippen LogP contribution in [0.3, 0.4) is 0 Å². The van der Waals surface area contributed by atoms with Gasteiger partial charge in [-0.15, -0.1) is 0 Å². The molecule has 0 aliphatic carbocycles. The Bertz CT molecular complexity index is 725. The maximum absolute atomic E-state index is 12.1. The van der Waals surface area contributed by atoms with Gasteiger partial charge in [-0.05, 0) is 59.3 Å². The summed E-state index contributed by atoms with van der Waals surface area (Å²) in [5, 5.41) is 13.9. The standard InChI is InChI=1S/C21H30N4OS/c1-5-16(3)25-20(26)18-8-6-17(7-9-18)13-24-21(22-4)23-12-15(2)19-10-11-27-14-19/h6-11,14-16H,5,12-13H2,1-4H3,(H,25,26)(H2,22,23,24). The molecule has 0 saturated heterocycles. The second-order valence-electron chi connectivity index (χ2n) is 6.74. The van der Waals surface area contributed by atoms with E-state index in [0.717, 1.165) is 24.5 Å². The van der Waals surface area contributed by atoms with Gasteiger partial charge in [-0.2, -0.15) is 11.3 Å². The first-order chi connectivity index (χ1) is 13.0. The SMILES string of the molecule is CCC(C)NC(=O)c1ccc(CNC(=NC)NCC(C)c2ccsc2)cc1. The molecule has 0 saturated carbocycles. The summed E-state index contributed by atoms with van der Waals surface area (Å²) in [6.45, 7) is 7.74. The van der Waals surface area contributed by atoms with Gasteiger partial charge < -0.3 is 16.0 Å². The van der Waals surface area contributed by atoms with E-state index in [1.165, 1.54) is 5.56 Å². The van der Waals surface area contributed by atoms with Crippen molar-refractivity contribution in [2.24, 2.45) is 4.99 Å². The number of carbonyl (C=O) groups excluding carboxylic acids is 1. The molecule has 0 fully saturated rings. The van der Waals surface area contributed by atoms with E-state index in [2.05, 4.69) is 51.6 Å². The van der Waals surface area contributed by atoms with Gasteiger partial charge in [0.1, 0.15) is 0 Å². The van der Waals surface area contributed by atoms with Crippen molar-refractivity contribution in [1.82, 2.24) is 16.0 Å². The number of nitrogens with zero attached hydrogens (tertiary/aromatic N) is 1. The Morgan fingerprint density at radius 2 is 1.89 bits per heavy atom. The van der Waals surface area contributed by atoms with E-state index in [-0.39, 0.29) is 11.9 Å². The van der Waals surface area contributed by atoms with Crippen LogP contribution >= 0.6 is 11.3 Å². The molecule has 6 heteroatoms. The smallest absolute Gasteiger partial charge is 0.251 e. The first-order valence-electron chi connectivity index (χ1n) is 9.39. The number of rotatable bonds is 8. The van der Waals surface area contributed by atoms with E-state index >= 15 is 0 Å².